The molecule has 0 heterocycles. The van der Waals surface area contributed by atoms with E-state index in [1.165, 1.54) is 5.48 Å². The Balaban J connectivity index is 3.40. The molecule has 7 nitrogen and oxygen atoms in total. The first-order valence-electron chi connectivity index (χ1n) is 3.40. The van der Waals surface area contributed by atoms with Gasteiger partial charge in [-0.3, -0.25) is 10.0 Å². The molecule has 6 N–H and O–H groups in total. The van der Waals surface area contributed by atoms with Crippen molar-refractivity contribution < 1.29 is 30.4 Å². The predicted molar refractivity (Wildman–Crippen MR) is 42.4 cm³/mol. The molecule has 0 aliphatic rings. The summed E-state index contributed by atoms with van der Waals surface area (Å²) in [6.45, 7) is 0. The van der Waals surface area contributed by atoms with Crippen LogP contribution < -0.4 is 5.48 Å². The van der Waals surface area contributed by atoms with Crippen LogP contribution >= 0.6 is 0 Å². The number of hydrogen-bond donors (Lipinski definition) is 6. The molecule has 0 aliphatic heterocycles. The second-order valence-electron chi connectivity index (χ2n) is 2.43. The number of rotatable bonds is 1. The summed E-state index contributed by atoms with van der Waals surface area (Å²) >= 11 is 0. The quantitative estimate of drug-likeness (QED) is 0.159. The van der Waals surface area contributed by atoms with E-state index in [1.54, 1.807) is 0 Å². The zero-order chi connectivity index (χ0) is 10.9. The highest BCUT2D eigenvalue weighted by Gasteiger charge is 2.20. The van der Waals surface area contributed by atoms with Gasteiger partial charge in [-0.15, -0.1) is 0 Å². The van der Waals surface area contributed by atoms with E-state index in [2.05, 4.69) is 0 Å². The van der Waals surface area contributed by atoms with Gasteiger partial charge < -0.3 is 20.4 Å². The summed E-state index contributed by atoms with van der Waals surface area (Å²) < 4.78 is 0. The Morgan fingerprint density at radius 1 is 1.07 bits per heavy atom. The van der Waals surface area contributed by atoms with E-state index in [0.29, 0.717) is 6.07 Å². The molecule has 0 radical (unpaired) electrons. The number of phenols is 4. The van der Waals surface area contributed by atoms with Crippen molar-refractivity contribution in [1.29, 1.82) is 0 Å². The Labute approximate surface area is 77.4 Å². The third-order valence-electron chi connectivity index (χ3n) is 1.57. The number of hydroxylamine groups is 1. The van der Waals surface area contributed by atoms with Crippen molar-refractivity contribution in [2.24, 2.45) is 0 Å². The van der Waals surface area contributed by atoms with Crippen molar-refractivity contribution >= 4 is 5.91 Å². The van der Waals surface area contributed by atoms with E-state index in [0.717, 1.165) is 0 Å². The van der Waals surface area contributed by atoms with Gasteiger partial charge in [0.25, 0.3) is 5.91 Å². The van der Waals surface area contributed by atoms with Gasteiger partial charge in [-0.25, -0.2) is 5.48 Å². The Bertz CT molecular complexity index is 388. The van der Waals surface area contributed by atoms with E-state index in [1.807, 2.05) is 0 Å². The minimum absolute atomic E-state index is 0.569. The topological polar surface area (TPSA) is 130 Å². The number of hydrogen-bond acceptors (Lipinski definition) is 6. The number of amides is 1. The molecule has 1 rings (SSSR count). The third kappa shape index (κ3) is 1.36. The molecular weight excluding hydrogens is 194 g/mol. The summed E-state index contributed by atoms with van der Waals surface area (Å²) in [5.74, 6) is -4.85. The monoisotopic (exact) mass is 201 g/mol. The largest absolute Gasteiger partial charge is 0.504 e. The molecule has 0 unspecified atom stereocenters. The highest BCUT2D eigenvalue weighted by atomic mass is 16.5. The Morgan fingerprint density at radius 3 is 2.14 bits per heavy atom. The van der Waals surface area contributed by atoms with Gasteiger partial charge in [0.15, 0.2) is 11.5 Å². The Morgan fingerprint density at radius 2 is 1.64 bits per heavy atom. The van der Waals surface area contributed by atoms with Crippen LogP contribution in [0.25, 0.3) is 0 Å². The van der Waals surface area contributed by atoms with Crippen molar-refractivity contribution in [3.8, 4) is 23.0 Å². The van der Waals surface area contributed by atoms with Crippen LogP contribution in [0.15, 0.2) is 6.07 Å². The van der Waals surface area contributed by atoms with Crippen LogP contribution in [0.1, 0.15) is 10.4 Å². The highest BCUT2D eigenvalue weighted by molar-refractivity contribution is 5.98. The molecular formula is C7H7NO6. The summed E-state index contributed by atoms with van der Waals surface area (Å²) in [7, 11) is 0. The van der Waals surface area contributed by atoms with Crippen molar-refractivity contribution in [2.75, 3.05) is 0 Å². The lowest BCUT2D eigenvalue weighted by atomic mass is 10.1. The summed E-state index contributed by atoms with van der Waals surface area (Å²) in [6, 6.07) is 0.690. The molecule has 14 heavy (non-hydrogen) atoms. The minimum atomic E-state index is -1.13. The average molecular weight is 201 g/mol. The van der Waals surface area contributed by atoms with Gasteiger partial charge in [0, 0.05) is 6.07 Å². The fourth-order valence-corrected chi connectivity index (χ4v) is 0.868. The molecule has 1 aromatic rings. The molecule has 76 valence electrons. The van der Waals surface area contributed by atoms with E-state index in [-0.39, 0.29) is 0 Å². The maximum Gasteiger partial charge on any atom is 0.278 e. The van der Waals surface area contributed by atoms with Crippen molar-refractivity contribution in [1.82, 2.24) is 5.48 Å². The van der Waals surface area contributed by atoms with E-state index >= 15 is 0 Å². The lowest BCUT2D eigenvalue weighted by molar-refractivity contribution is 0.0702. The van der Waals surface area contributed by atoms with E-state index < -0.39 is 34.5 Å². The highest BCUT2D eigenvalue weighted by Crippen LogP contribution is 2.43. The number of nitrogens with one attached hydrogen (secondary N) is 1. The second-order valence-corrected chi connectivity index (χ2v) is 2.43. The minimum Gasteiger partial charge on any atom is -0.504 e. The molecule has 0 aromatic heterocycles. The van der Waals surface area contributed by atoms with Gasteiger partial charge in [0.2, 0.25) is 11.5 Å². The molecule has 0 saturated heterocycles. The van der Waals surface area contributed by atoms with Crippen molar-refractivity contribution in [3.63, 3.8) is 0 Å². The first-order valence-corrected chi connectivity index (χ1v) is 3.40. The maximum absolute atomic E-state index is 10.8. The van der Waals surface area contributed by atoms with Crippen molar-refractivity contribution in [2.45, 2.75) is 0 Å². The number of benzene rings is 1. The zero-order valence-electron chi connectivity index (χ0n) is 6.72. The predicted octanol–water partition coefficient (Wildman–Crippen LogP) is -0.372. The lowest BCUT2D eigenvalue weighted by Crippen LogP contribution is -2.18. The van der Waals surface area contributed by atoms with Crippen LogP contribution in [0.2, 0.25) is 0 Å². The molecule has 1 amide bonds. The molecule has 1 aromatic carbocycles. The smallest absolute Gasteiger partial charge is 0.278 e. The normalized spacial score (nSPS) is 9.79. The fourth-order valence-electron chi connectivity index (χ4n) is 0.868. The van der Waals surface area contributed by atoms with Crippen LogP contribution in [-0.2, 0) is 0 Å². The second kappa shape index (κ2) is 3.30. The Hall–Kier alpha value is -2.15. The van der Waals surface area contributed by atoms with Gasteiger partial charge in [0.1, 0.15) is 0 Å². The van der Waals surface area contributed by atoms with Crippen LogP contribution in [0.5, 0.6) is 23.0 Å². The number of carbonyl (C=O) groups is 1. The first-order chi connectivity index (χ1) is 6.49. The number of carbonyl (C=O) groups excluding carboxylic acids is 1. The van der Waals surface area contributed by atoms with Gasteiger partial charge in [-0.1, -0.05) is 0 Å². The van der Waals surface area contributed by atoms with Crippen LogP contribution in [-0.4, -0.2) is 31.5 Å². The first kappa shape index (κ1) is 9.93. The van der Waals surface area contributed by atoms with Crippen molar-refractivity contribution in [3.05, 3.63) is 11.6 Å². The number of phenolic OH excluding ortho intramolecular Hbond substituents is 4. The van der Waals surface area contributed by atoms with Gasteiger partial charge in [-0.05, 0) is 0 Å². The molecule has 0 fully saturated rings. The third-order valence-corrected chi connectivity index (χ3v) is 1.57. The molecule has 0 saturated carbocycles. The molecule has 0 atom stereocenters. The Kier molecular flexibility index (Phi) is 2.34. The average Bonchev–Trinajstić information content (AvgIpc) is 2.19. The summed E-state index contributed by atoms with van der Waals surface area (Å²) in [6.07, 6.45) is 0. The zero-order valence-corrected chi connectivity index (χ0v) is 6.72. The van der Waals surface area contributed by atoms with Gasteiger partial charge in [-0.2, -0.15) is 0 Å². The van der Waals surface area contributed by atoms with Crippen LogP contribution in [0.4, 0.5) is 0 Å². The molecule has 0 spiro atoms. The molecule has 7 heteroatoms. The summed E-state index contributed by atoms with van der Waals surface area (Å²) in [4.78, 5) is 10.8. The van der Waals surface area contributed by atoms with Crippen LogP contribution in [0, 0.1) is 0 Å². The SMILES string of the molecule is O=C(NO)c1cc(O)c(O)c(O)c1O. The number of aromatic hydroxyl groups is 4. The van der Waals surface area contributed by atoms with E-state index in [9.17, 15) is 4.79 Å². The summed E-state index contributed by atoms with van der Waals surface area (Å²) in [5, 5.41) is 44.2. The van der Waals surface area contributed by atoms with Crippen LogP contribution in [0.3, 0.4) is 0 Å². The van der Waals surface area contributed by atoms with Gasteiger partial charge >= 0.3 is 0 Å². The van der Waals surface area contributed by atoms with E-state index in [4.69, 9.17) is 25.6 Å². The molecule has 0 bridgehead atoms. The lowest BCUT2D eigenvalue weighted by Gasteiger charge is -2.07. The van der Waals surface area contributed by atoms with Gasteiger partial charge in [0.05, 0.1) is 5.56 Å². The standard InChI is InChI=1S/C7H7NO6/c9-3-1-2(7(13)8-14)4(10)6(12)5(3)11/h1,9-12,14H,(H,8,13). The fraction of sp³-hybridized carbons (Fsp3) is 0. The molecule has 0 aliphatic carbocycles. The maximum atomic E-state index is 10.8. The summed E-state index contributed by atoms with van der Waals surface area (Å²) in [5.41, 5.74) is 0.624.